The number of carbonyl (C=O) groups is 2. The van der Waals surface area contributed by atoms with E-state index in [0.29, 0.717) is 44.9 Å². The lowest BCUT2D eigenvalue weighted by Gasteiger charge is -2.15. The zero-order chi connectivity index (χ0) is 24.9. The topological polar surface area (TPSA) is 143 Å². The molecule has 0 atom stereocenters. The summed E-state index contributed by atoms with van der Waals surface area (Å²) in [6.07, 6.45) is 2.88. The molecule has 0 aliphatic rings. The van der Waals surface area contributed by atoms with E-state index >= 15 is 0 Å². The van der Waals surface area contributed by atoms with Gasteiger partial charge >= 0.3 is 0 Å². The summed E-state index contributed by atoms with van der Waals surface area (Å²) in [4.78, 5) is 33.6. The highest BCUT2D eigenvalue weighted by atomic mass is 32.1. The second-order valence-electron chi connectivity index (χ2n) is 7.11. The van der Waals surface area contributed by atoms with E-state index in [1.807, 2.05) is 0 Å². The van der Waals surface area contributed by atoms with Gasteiger partial charge in [0.2, 0.25) is 11.7 Å². The van der Waals surface area contributed by atoms with Crippen LogP contribution in [0.5, 0.6) is 17.2 Å². The Morgan fingerprint density at radius 2 is 1.83 bits per heavy atom. The van der Waals surface area contributed by atoms with E-state index in [2.05, 4.69) is 20.4 Å². The van der Waals surface area contributed by atoms with Gasteiger partial charge in [-0.15, -0.1) is 11.3 Å². The third-order valence-electron chi connectivity index (χ3n) is 5.07. The van der Waals surface area contributed by atoms with Gasteiger partial charge in [-0.2, -0.15) is 5.10 Å². The number of anilines is 1. The molecule has 0 aliphatic heterocycles. The normalized spacial score (nSPS) is 10.6. The molecular formula is C23H22N6O5S. The number of aromatic nitrogens is 4. The minimum atomic E-state index is -0.333. The SMILES string of the molecule is COc1cc(C(=O)c2ccc(-c3csc(NC(=O)CN)n3)cc2-n2cncn2)cc(OC)c1OC. The quantitative estimate of drug-likeness (QED) is 0.335. The van der Waals surface area contributed by atoms with Crippen molar-refractivity contribution in [2.45, 2.75) is 0 Å². The van der Waals surface area contributed by atoms with Crippen molar-refractivity contribution in [1.82, 2.24) is 19.7 Å². The van der Waals surface area contributed by atoms with Gasteiger partial charge in [-0.25, -0.2) is 14.6 Å². The molecule has 0 bridgehead atoms. The Morgan fingerprint density at radius 1 is 1.09 bits per heavy atom. The number of hydrogen-bond acceptors (Lipinski definition) is 10. The van der Waals surface area contributed by atoms with E-state index in [4.69, 9.17) is 19.9 Å². The molecule has 0 radical (unpaired) electrons. The number of methoxy groups -OCH3 is 3. The molecule has 3 N–H and O–H groups in total. The first kappa shape index (κ1) is 23.9. The van der Waals surface area contributed by atoms with Crippen LogP contribution in [0.15, 0.2) is 48.4 Å². The van der Waals surface area contributed by atoms with Crippen LogP contribution < -0.4 is 25.3 Å². The lowest BCUT2D eigenvalue weighted by atomic mass is 9.98. The first-order valence-corrected chi connectivity index (χ1v) is 11.2. The van der Waals surface area contributed by atoms with Crippen LogP contribution in [0.25, 0.3) is 16.9 Å². The second-order valence-corrected chi connectivity index (χ2v) is 7.96. The van der Waals surface area contributed by atoms with Crippen molar-refractivity contribution >= 4 is 28.2 Å². The van der Waals surface area contributed by atoms with Gasteiger partial charge < -0.3 is 25.3 Å². The summed E-state index contributed by atoms with van der Waals surface area (Å²) in [5, 5.41) is 9.06. The predicted octanol–water partition coefficient (Wildman–Crippen LogP) is 2.54. The molecular weight excluding hydrogens is 472 g/mol. The average Bonchev–Trinajstić information content (AvgIpc) is 3.59. The van der Waals surface area contributed by atoms with Crippen molar-refractivity contribution in [3.63, 3.8) is 0 Å². The fraction of sp³-hybridized carbons (Fsp3) is 0.174. The summed E-state index contributed by atoms with van der Waals surface area (Å²) in [5.41, 5.74) is 7.91. The Morgan fingerprint density at radius 3 is 2.43 bits per heavy atom. The van der Waals surface area contributed by atoms with Crippen LogP contribution in [-0.4, -0.2) is 59.3 Å². The van der Waals surface area contributed by atoms with Gasteiger partial charge in [0.25, 0.3) is 0 Å². The molecule has 0 unspecified atom stereocenters. The monoisotopic (exact) mass is 494 g/mol. The molecule has 0 saturated carbocycles. The van der Waals surface area contributed by atoms with Crippen LogP contribution in [0.4, 0.5) is 5.13 Å². The van der Waals surface area contributed by atoms with Gasteiger partial charge in [0, 0.05) is 22.1 Å². The number of carbonyl (C=O) groups excluding carboxylic acids is 2. The molecule has 12 heteroatoms. The average molecular weight is 495 g/mol. The summed E-state index contributed by atoms with van der Waals surface area (Å²) < 4.78 is 17.6. The summed E-state index contributed by atoms with van der Waals surface area (Å²) in [6.45, 7) is -0.136. The largest absolute Gasteiger partial charge is 0.493 e. The number of nitrogens with zero attached hydrogens (tertiary/aromatic N) is 4. The number of benzene rings is 2. The number of amides is 1. The Kier molecular flexibility index (Phi) is 7.03. The first-order chi connectivity index (χ1) is 17.0. The molecule has 180 valence electrons. The number of ether oxygens (including phenoxy) is 3. The molecule has 0 saturated heterocycles. The van der Waals surface area contributed by atoms with Crippen LogP contribution in [0.2, 0.25) is 0 Å². The minimum Gasteiger partial charge on any atom is -0.493 e. The number of ketones is 1. The van der Waals surface area contributed by atoms with E-state index in [-0.39, 0.29) is 18.2 Å². The van der Waals surface area contributed by atoms with Gasteiger partial charge in [-0.05, 0) is 24.3 Å². The van der Waals surface area contributed by atoms with Crippen molar-refractivity contribution in [2.75, 3.05) is 33.2 Å². The van der Waals surface area contributed by atoms with Crippen LogP contribution >= 0.6 is 11.3 Å². The zero-order valence-electron chi connectivity index (χ0n) is 19.1. The first-order valence-electron chi connectivity index (χ1n) is 10.3. The van der Waals surface area contributed by atoms with Crippen molar-refractivity contribution in [3.05, 3.63) is 59.5 Å². The second kappa shape index (κ2) is 10.3. The van der Waals surface area contributed by atoms with E-state index in [9.17, 15) is 9.59 Å². The van der Waals surface area contributed by atoms with Crippen LogP contribution in [-0.2, 0) is 4.79 Å². The van der Waals surface area contributed by atoms with Gasteiger partial charge in [-0.1, -0.05) is 6.07 Å². The smallest absolute Gasteiger partial charge is 0.239 e. The summed E-state index contributed by atoms with van der Waals surface area (Å²) >= 11 is 1.27. The molecule has 35 heavy (non-hydrogen) atoms. The standard InChI is InChI=1S/C23H22N6O5S/c1-32-18-7-14(8-19(33-2)22(18)34-3)21(31)15-5-4-13(6-17(15)29-12-25-11-26-29)16-10-35-23(27-16)28-20(30)9-24/h4-8,10-12H,9,24H2,1-3H3,(H,27,28,30). The lowest BCUT2D eigenvalue weighted by Crippen LogP contribution is -2.21. The predicted molar refractivity (Wildman–Crippen MR) is 130 cm³/mol. The molecule has 11 nitrogen and oxygen atoms in total. The van der Waals surface area contributed by atoms with Crippen LogP contribution in [0.1, 0.15) is 15.9 Å². The van der Waals surface area contributed by atoms with Crippen molar-refractivity contribution in [2.24, 2.45) is 5.73 Å². The zero-order valence-corrected chi connectivity index (χ0v) is 20.0. The highest BCUT2D eigenvalue weighted by Crippen LogP contribution is 2.39. The number of thiazole rings is 1. The summed E-state index contributed by atoms with van der Waals surface area (Å²) in [6, 6.07) is 8.43. The Hall–Kier alpha value is -4.29. The van der Waals surface area contributed by atoms with Gasteiger partial charge in [-0.3, -0.25) is 9.59 Å². The maximum atomic E-state index is 13.6. The number of hydrogen-bond donors (Lipinski definition) is 2. The number of rotatable bonds is 9. The van der Waals surface area contributed by atoms with Crippen LogP contribution in [0, 0.1) is 0 Å². The molecule has 0 spiro atoms. The number of nitrogens with two attached hydrogens (primary N) is 1. The fourth-order valence-corrected chi connectivity index (χ4v) is 4.14. The third-order valence-corrected chi connectivity index (χ3v) is 5.82. The van der Waals surface area contributed by atoms with Gasteiger partial charge in [0.15, 0.2) is 22.4 Å². The van der Waals surface area contributed by atoms with E-state index < -0.39 is 0 Å². The lowest BCUT2D eigenvalue weighted by molar-refractivity contribution is -0.114. The molecule has 0 aliphatic carbocycles. The minimum absolute atomic E-state index is 0.136. The molecule has 2 aromatic carbocycles. The Bertz CT molecular complexity index is 1340. The molecule has 0 fully saturated rings. The Labute approximate surface area is 204 Å². The van der Waals surface area contributed by atoms with Gasteiger partial charge in [0.05, 0.1) is 39.3 Å². The van der Waals surface area contributed by atoms with Crippen molar-refractivity contribution in [1.29, 1.82) is 0 Å². The highest BCUT2D eigenvalue weighted by Gasteiger charge is 2.22. The molecule has 1 amide bonds. The van der Waals surface area contributed by atoms with Gasteiger partial charge in [0.1, 0.15) is 12.7 Å². The van der Waals surface area contributed by atoms with E-state index in [1.165, 1.54) is 50.0 Å². The highest BCUT2D eigenvalue weighted by molar-refractivity contribution is 7.14. The van der Waals surface area contributed by atoms with E-state index in [0.717, 1.165) is 5.56 Å². The maximum absolute atomic E-state index is 13.6. The molecule has 4 rings (SSSR count). The van der Waals surface area contributed by atoms with Crippen LogP contribution in [0.3, 0.4) is 0 Å². The van der Waals surface area contributed by atoms with E-state index in [1.54, 1.807) is 35.7 Å². The van der Waals surface area contributed by atoms with Crippen molar-refractivity contribution in [3.8, 4) is 34.2 Å². The number of nitrogens with one attached hydrogen (secondary N) is 1. The molecule has 4 aromatic rings. The summed E-state index contributed by atoms with van der Waals surface area (Å²) in [5.74, 6) is 0.503. The Balaban J connectivity index is 1.78. The molecule has 2 heterocycles. The van der Waals surface area contributed by atoms with Crippen molar-refractivity contribution < 1.29 is 23.8 Å². The summed E-state index contributed by atoms with van der Waals surface area (Å²) in [7, 11) is 4.47. The molecule has 2 aromatic heterocycles. The fourth-order valence-electron chi connectivity index (χ4n) is 3.41. The maximum Gasteiger partial charge on any atom is 0.239 e. The third kappa shape index (κ3) is 4.83.